The van der Waals surface area contributed by atoms with Crippen LogP contribution in [0.25, 0.3) is 98.5 Å². The van der Waals surface area contributed by atoms with Crippen molar-refractivity contribution in [1.29, 1.82) is 0 Å². The molecule has 1 aliphatic carbocycles. The quantitative estimate of drug-likeness (QED) is 0.184. The first-order valence-electron chi connectivity index (χ1n) is 17.9. The van der Waals surface area contributed by atoms with E-state index in [1.807, 2.05) is 30.3 Å². The van der Waals surface area contributed by atoms with Crippen molar-refractivity contribution in [3.05, 3.63) is 163 Å². The zero-order valence-electron chi connectivity index (χ0n) is 29.1. The number of hydrogen-bond donors (Lipinski definition) is 0. The minimum absolute atomic E-state index is 0.0754. The molecule has 7 aromatic carbocycles. The molecular formula is C48H31N3OS. The summed E-state index contributed by atoms with van der Waals surface area (Å²) in [6, 6.07) is 53.5. The molecule has 11 rings (SSSR count). The van der Waals surface area contributed by atoms with E-state index >= 15 is 0 Å². The molecule has 0 aliphatic heterocycles. The Labute approximate surface area is 310 Å². The van der Waals surface area contributed by atoms with Gasteiger partial charge in [0.1, 0.15) is 11.2 Å². The summed E-state index contributed by atoms with van der Waals surface area (Å²) in [6.45, 7) is 4.66. The van der Waals surface area contributed by atoms with Crippen LogP contribution in [0, 0.1) is 0 Å². The predicted molar refractivity (Wildman–Crippen MR) is 219 cm³/mol. The van der Waals surface area contributed by atoms with Crippen molar-refractivity contribution in [2.24, 2.45) is 0 Å². The Balaban J connectivity index is 1.15. The zero-order chi connectivity index (χ0) is 35.3. The van der Waals surface area contributed by atoms with Gasteiger partial charge in [-0.1, -0.05) is 135 Å². The minimum atomic E-state index is -0.0754. The molecule has 0 radical (unpaired) electrons. The molecule has 1 aliphatic rings. The second-order valence-electron chi connectivity index (χ2n) is 14.3. The third-order valence-electron chi connectivity index (χ3n) is 11.0. The maximum Gasteiger partial charge on any atom is 0.164 e. The fourth-order valence-corrected chi connectivity index (χ4v) is 9.60. The molecule has 53 heavy (non-hydrogen) atoms. The van der Waals surface area contributed by atoms with E-state index in [1.54, 1.807) is 11.3 Å². The van der Waals surface area contributed by atoms with Crippen molar-refractivity contribution in [1.82, 2.24) is 15.0 Å². The summed E-state index contributed by atoms with van der Waals surface area (Å²) in [4.78, 5) is 15.6. The molecule has 4 nitrogen and oxygen atoms in total. The van der Waals surface area contributed by atoms with Crippen LogP contribution in [0.15, 0.2) is 156 Å². The maximum absolute atomic E-state index is 6.54. The first-order valence-corrected chi connectivity index (χ1v) is 18.8. The largest absolute Gasteiger partial charge is 0.456 e. The molecule has 0 saturated heterocycles. The first kappa shape index (κ1) is 30.2. The second kappa shape index (κ2) is 11.3. The summed E-state index contributed by atoms with van der Waals surface area (Å²) in [5, 5.41) is 4.40. The molecule has 3 aromatic heterocycles. The van der Waals surface area contributed by atoms with Crippen LogP contribution in [-0.2, 0) is 5.41 Å². The van der Waals surface area contributed by atoms with E-state index in [0.29, 0.717) is 17.5 Å². The van der Waals surface area contributed by atoms with Gasteiger partial charge in [-0.15, -0.1) is 11.3 Å². The van der Waals surface area contributed by atoms with E-state index < -0.39 is 0 Å². The van der Waals surface area contributed by atoms with E-state index in [2.05, 4.69) is 135 Å². The Morgan fingerprint density at radius 2 is 1.09 bits per heavy atom. The molecule has 0 saturated carbocycles. The zero-order valence-corrected chi connectivity index (χ0v) is 29.9. The Bertz CT molecular complexity index is 3100. The minimum Gasteiger partial charge on any atom is -0.456 e. The van der Waals surface area contributed by atoms with E-state index in [0.717, 1.165) is 44.2 Å². The third-order valence-corrected chi connectivity index (χ3v) is 12.1. The van der Waals surface area contributed by atoms with Crippen LogP contribution in [-0.4, -0.2) is 15.0 Å². The van der Waals surface area contributed by atoms with Gasteiger partial charge in [0, 0.05) is 53.1 Å². The van der Waals surface area contributed by atoms with Crippen LogP contribution in [0.2, 0.25) is 0 Å². The molecule has 0 unspecified atom stereocenters. The fourth-order valence-electron chi connectivity index (χ4n) is 8.47. The molecule has 0 fully saturated rings. The summed E-state index contributed by atoms with van der Waals surface area (Å²) in [7, 11) is 0. The molecule has 0 N–H and O–H groups in total. The number of aromatic nitrogens is 3. The molecule has 0 amide bonds. The topological polar surface area (TPSA) is 51.8 Å². The van der Waals surface area contributed by atoms with E-state index in [9.17, 15) is 0 Å². The van der Waals surface area contributed by atoms with Gasteiger partial charge in [0.05, 0.1) is 0 Å². The van der Waals surface area contributed by atoms with Crippen LogP contribution < -0.4 is 0 Å². The highest BCUT2D eigenvalue weighted by molar-refractivity contribution is 7.25. The summed E-state index contributed by atoms with van der Waals surface area (Å²) >= 11 is 1.80. The summed E-state index contributed by atoms with van der Waals surface area (Å²) in [6.07, 6.45) is 0. The van der Waals surface area contributed by atoms with Crippen molar-refractivity contribution in [3.63, 3.8) is 0 Å². The second-order valence-corrected chi connectivity index (χ2v) is 15.4. The Kier molecular flexibility index (Phi) is 6.43. The van der Waals surface area contributed by atoms with Crippen molar-refractivity contribution < 1.29 is 4.42 Å². The van der Waals surface area contributed by atoms with Gasteiger partial charge >= 0.3 is 0 Å². The number of nitrogens with zero attached hydrogens (tertiary/aromatic N) is 3. The van der Waals surface area contributed by atoms with Crippen LogP contribution in [0.5, 0.6) is 0 Å². The van der Waals surface area contributed by atoms with Gasteiger partial charge in [0.2, 0.25) is 0 Å². The third kappa shape index (κ3) is 4.51. The van der Waals surface area contributed by atoms with Gasteiger partial charge in [-0.2, -0.15) is 0 Å². The molecule has 5 heteroatoms. The molecule has 0 spiro atoms. The van der Waals surface area contributed by atoms with Gasteiger partial charge in [-0.25, -0.2) is 15.0 Å². The molecule has 3 heterocycles. The van der Waals surface area contributed by atoms with Crippen LogP contribution in [0.1, 0.15) is 25.0 Å². The highest BCUT2D eigenvalue weighted by atomic mass is 32.1. The number of thiophene rings is 1. The van der Waals surface area contributed by atoms with Crippen LogP contribution in [0.3, 0.4) is 0 Å². The SMILES string of the molecule is CC1(C)c2ccccc2-c2c(-c3ccc4oc5cccc(-c6nc(-c7ccccc7)nc(-c7cccc8sc9ccccc9c78)n6)c5c4c3)cccc21. The summed E-state index contributed by atoms with van der Waals surface area (Å²) < 4.78 is 9.00. The van der Waals surface area contributed by atoms with Gasteiger partial charge in [0.25, 0.3) is 0 Å². The summed E-state index contributed by atoms with van der Waals surface area (Å²) in [5.74, 6) is 1.89. The standard InChI is InChI=1S/C48H31N3OS/c1-48(2)36-20-8-6-15-31(36)42-30(17-10-21-37(42)48)29-25-26-38-35(27-29)43-33(18-11-22-39(43)52-38)46-49-45(28-13-4-3-5-14-28)50-47(51-46)34-19-12-24-41-44(34)32-16-7-9-23-40(32)53-41/h3-27H,1-2H3. The van der Waals surface area contributed by atoms with Gasteiger partial charge in [-0.3, -0.25) is 0 Å². The van der Waals surface area contributed by atoms with Crippen LogP contribution >= 0.6 is 11.3 Å². The highest BCUT2D eigenvalue weighted by Crippen LogP contribution is 2.52. The highest BCUT2D eigenvalue weighted by Gasteiger charge is 2.36. The number of rotatable bonds is 4. The number of fused-ring (bicyclic) bond motifs is 9. The lowest BCUT2D eigenvalue weighted by Gasteiger charge is -2.21. The van der Waals surface area contributed by atoms with Gasteiger partial charge in [-0.05, 0) is 63.7 Å². The van der Waals surface area contributed by atoms with E-state index in [-0.39, 0.29) is 5.41 Å². The summed E-state index contributed by atoms with van der Waals surface area (Å²) in [5.41, 5.74) is 12.1. The monoisotopic (exact) mass is 697 g/mol. The molecular weight excluding hydrogens is 667 g/mol. The Morgan fingerprint density at radius 1 is 0.453 bits per heavy atom. The normalized spacial score (nSPS) is 13.2. The maximum atomic E-state index is 6.54. The molecule has 0 atom stereocenters. The number of furan rings is 1. The fraction of sp³-hybridized carbons (Fsp3) is 0.0625. The molecule has 250 valence electrons. The Hall–Kier alpha value is -6.43. The van der Waals surface area contributed by atoms with Crippen molar-refractivity contribution in [2.45, 2.75) is 19.3 Å². The number of benzene rings is 7. The van der Waals surface area contributed by atoms with E-state index in [4.69, 9.17) is 19.4 Å². The van der Waals surface area contributed by atoms with Crippen LogP contribution in [0.4, 0.5) is 0 Å². The molecule has 10 aromatic rings. The lowest BCUT2D eigenvalue weighted by molar-refractivity contribution is 0.660. The Morgan fingerprint density at radius 3 is 1.96 bits per heavy atom. The van der Waals surface area contributed by atoms with Crippen molar-refractivity contribution in [3.8, 4) is 56.4 Å². The smallest absolute Gasteiger partial charge is 0.164 e. The average molecular weight is 698 g/mol. The van der Waals surface area contributed by atoms with Gasteiger partial charge in [0.15, 0.2) is 17.5 Å². The molecule has 0 bridgehead atoms. The first-order chi connectivity index (χ1) is 26.0. The lowest BCUT2D eigenvalue weighted by Crippen LogP contribution is -2.14. The average Bonchev–Trinajstić information content (AvgIpc) is 3.85. The number of hydrogen-bond acceptors (Lipinski definition) is 5. The van der Waals surface area contributed by atoms with E-state index in [1.165, 1.54) is 48.0 Å². The van der Waals surface area contributed by atoms with Crippen molar-refractivity contribution >= 4 is 53.4 Å². The van der Waals surface area contributed by atoms with Gasteiger partial charge < -0.3 is 4.42 Å². The lowest BCUT2D eigenvalue weighted by atomic mass is 9.82. The predicted octanol–water partition coefficient (Wildman–Crippen LogP) is 13.1. The van der Waals surface area contributed by atoms with Crippen molar-refractivity contribution in [2.75, 3.05) is 0 Å².